The van der Waals surface area contributed by atoms with Gasteiger partial charge in [-0.25, -0.2) is 0 Å². The summed E-state index contributed by atoms with van der Waals surface area (Å²) in [5.41, 5.74) is 9.95. The third-order valence-corrected chi connectivity index (χ3v) is 3.94. The summed E-state index contributed by atoms with van der Waals surface area (Å²) in [5, 5.41) is 2.11. The fraction of sp³-hybridized carbons (Fsp3) is 0.300. The summed E-state index contributed by atoms with van der Waals surface area (Å²) in [6, 6.07) is 16.2. The summed E-state index contributed by atoms with van der Waals surface area (Å²) in [5.74, 6) is 0. The number of benzene rings is 2. The molecular weight excluding hydrogens is 304 g/mol. The first-order valence-electron chi connectivity index (χ1n) is 8.09. The molecule has 0 saturated heterocycles. The molecule has 0 radical (unpaired) electrons. The highest BCUT2D eigenvalue weighted by atomic mass is 35.5. The molecule has 2 aromatic carbocycles. The number of hydrogen-bond acceptors (Lipinski definition) is 1. The van der Waals surface area contributed by atoms with E-state index in [0.29, 0.717) is 0 Å². The van der Waals surface area contributed by atoms with Gasteiger partial charge in [0.1, 0.15) is 0 Å². The Balaban J connectivity index is 0.000000215. The van der Waals surface area contributed by atoms with Crippen molar-refractivity contribution in [3.05, 3.63) is 64.8 Å². The Bertz CT molecular complexity index is 744. The van der Waals surface area contributed by atoms with E-state index in [2.05, 4.69) is 48.7 Å². The summed E-state index contributed by atoms with van der Waals surface area (Å²) in [7, 11) is 0. The molecule has 3 rings (SSSR count). The SMILES string of the molecule is CC.CCn1c(C)cc2ccccc21.Cc1cc(N)ccc1Cl. The van der Waals surface area contributed by atoms with Gasteiger partial charge >= 0.3 is 0 Å². The Morgan fingerprint density at radius 1 is 1.00 bits per heavy atom. The van der Waals surface area contributed by atoms with E-state index in [1.807, 2.05) is 26.8 Å². The van der Waals surface area contributed by atoms with Crippen LogP contribution < -0.4 is 5.73 Å². The third kappa shape index (κ3) is 5.04. The Labute approximate surface area is 144 Å². The highest BCUT2D eigenvalue weighted by Gasteiger charge is 2.01. The van der Waals surface area contributed by atoms with E-state index in [0.717, 1.165) is 22.8 Å². The van der Waals surface area contributed by atoms with Crippen LogP contribution in [0.25, 0.3) is 10.9 Å². The molecule has 23 heavy (non-hydrogen) atoms. The van der Waals surface area contributed by atoms with Crippen molar-refractivity contribution in [2.45, 2.75) is 41.2 Å². The fourth-order valence-corrected chi connectivity index (χ4v) is 2.55. The van der Waals surface area contributed by atoms with Gasteiger partial charge in [-0.05, 0) is 62.1 Å². The minimum atomic E-state index is 0.761. The van der Waals surface area contributed by atoms with Crippen molar-refractivity contribution in [3.63, 3.8) is 0 Å². The van der Waals surface area contributed by atoms with Gasteiger partial charge in [0, 0.05) is 28.5 Å². The van der Waals surface area contributed by atoms with Crippen LogP contribution in [0.1, 0.15) is 32.0 Å². The number of fused-ring (bicyclic) bond motifs is 1. The molecule has 0 bridgehead atoms. The van der Waals surface area contributed by atoms with Crippen molar-refractivity contribution in [1.29, 1.82) is 0 Å². The van der Waals surface area contributed by atoms with Gasteiger partial charge in [-0.15, -0.1) is 0 Å². The van der Waals surface area contributed by atoms with Gasteiger partial charge in [0.2, 0.25) is 0 Å². The molecule has 0 atom stereocenters. The number of aromatic nitrogens is 1. The standard InChI is InChI=1S/C11H13N.C7H8ClN.C2H6/c1-3-12-9(2)8-10-6-4-5-7-11(10)12;1-5-4-6(9)2-3-7(5)8;1-2/h4-8H,3H2,1-2H3;2-4H,9H2,1H3;1-2H3. The summed E-state index contributed by atoms with van der Waals surface area (Å²) in [6.07, 6.45) is 0. The van der Waals surface area contributed by atoms with E-state index >= 15 is 0 Å². The average Bonchev–Trinajstić information content (AvgIpc) is 2.89. The van der Waals surface area contributed by atoms with Gasteiger partial charge < -0.3 is 10.3 Å². The molecule has 3 heteroatoms. The summed E-state index contributed by atoms with van der Waals surface area (Å²) < 4.78 is 2.33. The fourth-order valence-electron chi connectivity index (χ4n) is 2.44. The second-order valence-electron chi connectivity index (χ2n) is 5.10. The summed E-state index contributed by atoms with van der Waals surface area (Å²) in [6.45, 7) is 11.3. The van der Waals surface area contributed by atoms with E-state index in [4.69, 9.17) is 17.3 Å². The zero-order chi connectivity index (χ0) is 17.4. The molecule has 0 fully saturated rings. The second-order valence-corrected chi connectivity index (χ2v) is 5.50. The van der Waals surface area contributed by atoms with E-state index in [1.165, 1.54) is 16.6 Å². The minimum Gasteiger partial charge on any atom is -0.399 e. The van der Waals surface area contributed by atoms with Crippen molar-refractivity contribution in [3.8, 4) is 0 Å². The second kappa shape index (κ2) is 9.26. The smallest absolute Gasteiger partial charge is 0.0482 e. The summed E-state index contributed by atoms with van der Waals surface area (Å²) in [4.78, 5) is 0. The summed E-state index contributed by atoms with van der Waals surface area (Å²) >= 11 is 5.73. The van der Waals surface area contributed by atoms with Gasteiger partial charge in [-0.1, -0.05) is 43.6 Å². The van der Waals surface area contributed by atoms with Crippen molar-refractivity contribution < 1.29 is 0 Å². The van der Waals surface area contributed by atoms with Crippen LogP contribution in [0.15, 0.2) is 48.5 Å². The van der Waals surface area contributed by atoms with E-state index < -0.39 is 0 Å². The number of hydrogen-bond donors (Lipinski definition) is 1. The quantitative estimate of drug-likeness (QED) is 0.527. The van der Waals surface area contributed by atoms with Gasteiger partial charge in [0.15, 0.2) is 0 Å². The molecule has 2 N–H and O–H groups in total. The molecule has 0 aliphatic carbocycles. The topological polar surface area (TPSA) is 30.9 Å². The van der Waals surface area contributed by atoms with Crippen LogP contribution in [0.3, 0.4) is 0 Å². The molecular formula is C20H27ClN2. The number of nitrogen functional groups attached to an aromatic ring is 1. The number of halogens is 1. The van der Waals surface area contributed by atoms with Crippen LogP contribution in [0.5, 0.6) is 0 Å². The molecule has 1 heterocycles. The van der Waals surface area contributed by atoms with Crippen LogP contribution in [0.4, 0.5) is 5.69 Å². The third-order valence-electron chi connectivity index (χ3n) is 3.52. The lowest BCUT2D eigenvalue weighted by atomic mass is 10.2. The molecule has 0 amide bonds. The van der Waals surface area contributed by atoms with Crippen LogP contribution in [-0.2, 0) is 6.54 Å². The zero-order valence-corrected chi connectivity index (χ0v) is 15.5. The maximum atomic E-state index is 5.73. The number of aryl methyl sites for hydroxylation is 3. The highest BCUT2D eigenvalue weighted by molar-refractivity contribution is 6.31. The first kappa shape index (κ1) is 19.1. The first-order chi connectivity index (χ1) is 11.0. The van der Waals surface area contributed by atoms with Crippen LogP contribution in [0, 0.1) is 13.8 Å². The average molecular weight is 331 g/mol. The molecule has 3 aromatic rings. The van der Waals surface area contributed by atoms with Crippen molar-refractivity contribution >= 4 is 28.2 Å². The maximum absolute atomic E-state index is 5.73. The van der Waals surface area contributed by atoms with Gasteiger partial charge in [-0.2, -0.15) is 0 Å². The van der Waals surface area contributed by atoms with Crippen molar-refractivity contribution in [2.24, 2.45) is 0 Å². The Morgan fingerprint density at radius 2 is 1.65 bits per heavy atom. The lowest BCUT2D eigenvalue weighted by Crippen LogP contribution is -1.94. The maximum Gasteiger partial charge on any atom is 0.0482 e. The normalized spacial score (nSPS) is 9.65. The predicted octanol–water partition coefficient (Wildman–Crippen LogP) is 6.23. The minimum absolute atomic E-state index is 0.761. The molecule has 124 valence electrons. The Hall–Kier alpha value is -1.93. The van der Waals surface area contributed by atoms with Crippen LogP contribution >= 0.6 is 11.6 Å². The monoisotopic (exact) mass is 330 g/mol. The molecule has 0 aliphatic rings. The molecule has 1 aromatic heterocycles. The molecule has 0 spiro atoms. The van der Waals surface area contributed by atoms with Gasteiger partial charge in [-0.3, -0.25) is 0 Å². The van der Waals surface area contributed by atoms with Crippen molar-refractivity contribution in [1.82, 2.24) is 4.57 Å². The molecule has 2 nitrogen and oxygen atoms in total. The highest BCUT2D eigenvalue weighted by Crippen LogP contribution is 2.18. The lowest BCUT2D eigenvalue weighted by Gasteiger charge is -2.02. The van der Waals surface area contributed by atoms with Gasteiger partial charge in [0.25, 0.3) is 0 Å². The first-order valence-corrected chi connectivity index (χ1v) is 8.47. The van der Waals surface area contributed by atoms with Crippen molar-refractivity contribution in [2.75, 3.05) is 5.73 Å². The zero-order valence-electron chi connectivity index (χ0n) is 14.7. The molecule has 0 aliphatic heterocycles. The number of nitrogens with zero attached hydrogens (tertiary/aromatic N) is 1. The predicted molar refractivity (Wildman–Crippen MR) is 104 cm³/mol. The lowest BCUT2D eigenvalue weighted by molar-refractivity contribution is 0.770. The van der Waals surface area contributed by atoms with Crippen LogP contribution in [0.2, 0.25) is 5.02 Å². The number of para-hydroxylation sites is 1. The Morgan fingerprint density at radius 3 is 2.22 bits per heavy atom. The molecule has 0 unspecified atom stereocenters. The Kier molecular flexibility index (Phi) is 7.70. The largest absolute Gasteiger partial charge is 0.399 e. The number of rotatable bonds is 1. The molecule has 0 saturated carbocycles. The van der Waals surface area contributed by atoms with Crippen LogP contribution in [-0.4, -0.2) is 4.57 Å². The van der Waals surface area contributed by atoms with Gasteiger partial charge in [0.05, 0.1) is 0 Å². The van der Waals surface area contributed by atoms with E-state index in [1.54, 1.807) is 12.1 Å². The van der Waals surface area contributed by atoms with E-state index in [-0.39, 0.29) is 0 Å². The number of nitrogens with two attached hydrogens (primary N) is 1. The number of anilines is 1. The van der Waals surface area contributed by atoms with E-state index in [9.17, 15) is 0 Å².